The van der Waals surface area contributed by atoms with Crippen molar-refractivity contribution in [1.82, 2.24) is 9.78 Å². The first-order valence-corrected chi connectivity index (χ1v) is 7.81. The number of aromatic nitrogens is 2. The molecule has 0 N–H and O–H groups in total. The van der Waals surface area contributed by atoms with Crippen molar-refractivity contribution in [3.05, 3.63) is 53.3 Å². The number of carbonyl (C=O) groups excluding carboxylic acids is 1. The molecule has 0 unspecified atom stereocenters. The quantitative estimate of drug-likeness (QED) is 0.851. The summed E-state index contributed by atoms with van der Waals surface area (Å²) >= 11 is 0. The summed E-state index contributed by atoms with van der Waals surface area (Å²) < 4.78 is 18.1. The van der Waals surface area contributed by atoms with E-state index in [1.807, 2.05) is 30.3 Å². The third-order valence-corrected chi connectivity index (χ3v) is 4.29. The maximum absolute atomic E-state index is 12.2. The third kappa shape index (κ3) is 2.87. The van der Waals surface area contributed by atoms with Crippen LogP contribution in [0.5, 0.6) is 0 Å². The zero-order valence-corrected chi connectivity index (χ0v) is 12.7. The van der Waals surface area contributed by atoms with Gasteiger partial charge in [-0.3, -0.25) is 0 Å². The molecule has 0 amide bonds. The summed E-state index contributed by atoms with van der Waals surface area (Å²) in [5.74, 6) is -0.519. The van der Waals surface area contributed by atoms with E-state index in [2.05, 4.69) is 5.10 Å². The van der Waals surface area contributed by atoms with Gasteiger partial charge in [0, 0.05) is 19.0 Å². The summed E-state index contributed by atoms with van der Waals surface area (Å²) in [5.41, 5.74) is 2.87. The minimum Gasteiger partial charge on any atom is -0.443 e. The fourth-order valence-corrected chi connectivity index (χ4v) is 3.11. The molecule has 6 nitrogen and oxygen atoms in total. The Morgan fingerprint density at radius 3 is 2.83 bits per heavy atom. The first-order chi connectivity index (χ1) is 11.2. The molecule has 0 atom stereocenters. The average Bonchev–Trinajstić information content (AvgIpc) is 3.21. The number of rotatable bonds is 2. The number of ether oxygens (including phenoxy) is 3. The van der Waals surface area contributed by atoms with Crippen molar-refractivity contribution in [2.45, 2.75) is 31.7 Å². The molecule has 1 saturated heterocycles. The van der Waals surface area contributed by atoms with Crippen LogP contribution in [0.1, 0.15) is 23.2 Å². The minimum absolute atomic E-state index is 0.236. The highest BCUT2D eigenvalue weighted by atomic mass is 16.7. The molecule has 0 radical (unpaired) electrons. The lowest BCUT2D eigenvalue weighted by molar-refractivity contribution is -0.163. The van der Waals surface area contributed by atoms with Gasteiger partial charge in [0.2, 0.25) is 0 Å². The van der Waals surface area contributed by atoms with Crippen molar-refractivity contribution in [3.8, 4) is 0 Å². The maximum Gasteiger partial charge on any atom is 0.435 e. The highest BCUT2D eigenvalue weighted by Crippen LogP contribution is 2.34. The van der Waals surface area contributed by atoms with E-state index in [-0.39, 0.29) is 6.61 Å². The standard InChI is InChI=1S/C17H18N2O4/c20-16(21-12-13-4-2-1-3-5-13)19-11-14-10-17(22-8-9-23-17)7-6-15(14)18-19/h1-5,11H,6-10,12H2. The van der Waals surface area contributed by atoms with Crippen molar-refractivity contribution in [2.75, 3.05) is 13.2 Å². The van der Waals surface area contributed by atoms with E-state index in [4.69, 9.17) is 14.2 Å². The molecule has 4 rings (SSSR count). The van der Waals surface area contributed by atoms with Gasteiger partial charge in [-0.15, -0.1) is 0 Å². The van der Waals surface area contributed by atoms with Gasteiger partial charge in [0.15, 0.2) is 5.79 Å². The molecule has 23 heavy (non-hydrogen) atoms. The number of benzene rings is 1. The maximum atomic E-state index is 12.2. The molecule has 1 aliphatic heterocycles. The smallest absolute Gasteiger partial charge is 0.435 e. The van der Waals surface area contributed by atoms with E-state index >= 15 is 0 Å². The van der Waals surface area contributed by atoms with Crippen LogP contribution >= 0.6 is 0 Å². The molecule has 0 saturated carbocycles. The molecule has 1 fully saturated rings. The Morgan fingerprint density at radius 2 is 2.04 bits per heavy atom. The Bertz CT molecular complexity index is 705. The number of fused-ring (bicyclic) bond motifs is 1. The van der Waals surface area contributed by atoms with E-state index in [0.717, 1.165) is 29.7 Å². The Hall–Kier alpha value is -2.18. The fraction of sp³-hybridized carbons (Fsp3) is 0.412. The molecule has 1 aromatic heterocycles. The zero-order valence-electron chi connectivity index (χ0n) is 12.7. The first kappa shape index (κ1) is 14.4. The third-order valence-electron chi connectivity index (χ3n) is 4.29. The van der Waals surface area contributed by atoms with Gasteiger partial charge in [-0.25, -0.2) is 4.79 Å². The van der Waals surface area contributed by atoms with Gasteiger partial charge in [0.25, 0.3) is 0 Å². The van der Waals surface area contributed by atoms with Gasteiger partial charge in [-0.1, -0.05) is 30.3 Å². The largest absolute Gasteiger partial charge is 0.443 e. The minimum atomic E-state index is -0.519. The van der Waals surface area contributed by atoms with Crippen LogP contribution in [0.15, 0.2) is 36.5 Å². The summed E-state index contributed by atoms with van der Waals surface area (Å²) in [6, 6.07) is 9.59. The van der Waals surface area contributed by atoms with Gasteiger partial charge in [-0.2, -0.15) is 9.78 Å². The number of hydrogen-bond donors (Lipinski definition) is 0. The molecule has 0 bridgehead atoms. The second kappa shape index (κ2) is 5.79. The van der Waals surface area contributed by atoms with Gasteiger partial charge in [0.1, 0.15) is 6.61 Å². The summed E-state index contributed by atoms with van der Waals surface area (Å²) in [6.45, 7) is 1.49. The number of aryl methyl sites for hydroxylation is 1. The van der Waals surface area contributed by atoms with Crippen LogP contribution in [0.2, 0.25) is 0 Å². The van der Waals surface area contributed by atoms with E-state index in [9.17, 15) is 4.79 Å². The predicted octanol–water partition coefficient (Wildman–Crippen LogP) is 2.30. The van der Waals surface area contributed by atoms with Crippen LogP contribution in [-0.4, -0.2) is 34.9 Å². The van der Waals surface area contributed by atoms with Crippen molar-refractivity contribution >= 4 is 6.09 Å². The lowest BCUT2D eigenvalue weighted by Crippen LogP contribution is -2.36. The van der Waals surface area contributed by atoms with Crippen LogP contribution in [-0.2, 0) is 33.7 Å². The van der Waals surface area contributed by atoms with E-state index in [1.54, 1.807) is 6.20 Å². The summed E-state index contributed by atoms with van der Waals surface area (Å²) in [4.78, 5) is 12.2. The topological polar surface area (TPSA) is 62.6 Å². The van der Waals surface area contributed by atoms with Crippen molar-refractivity contribution in [3.63, 3.8) is 0 Å². The molecule has 2 aliphatic rings. The normalized spacial score (nSPS) is 18.8. The Labute approximate surface area is 134 Å². The van der Waals surface area contributed by atoms with Gasteiger partial charge in [-0.05, 0) is 17.5 Å². The SMILES string of the molecule is O=C(OCc1ccccc1)n1cc2c(n1)CCC1(C2)OCCO1. The number of nitrogens with zero attached hydrogens (tertiary/aromatic N) is 2. The van der Waals surface area contributed by atoms with Crippen LogP contribution in [0.3, 0.4) is 0 Å². The number of hydrogen-bond acceptors (Lipinski definition) is 5. The Morgan fingerprint density at radius 1 is 1.26 bits per heavy atom. The van der Waals surface area contributed by atoms with E-state index in [1.165, 1.54) is 4.68 Å². The Balaban J connectivity index is 1.44. The Kier molecular flexibility index (Phi) is 3.63. The van der Waals surface area contributed by atoms with Gasteiger partial charge in [0.05, 0.1) is 18.9 Å². The van der Waals surface area contributed by atoms with Crippen LogP contribution < -0.4 is 0 Å². The molecule has 1 aliphatic carbocycles. The molecule has 1 aromatic carbocycles. The van der Waals surface area contributed by atoms with Gasteiger partial charge < -0.3 is 14.2 Å². The molecular weight excluding hydrogens is 296 g/mol. The molecule has 2 heterocycles. The zero-order chi connectivity index (χ0) is 15.7. The number of carbonyl (C=O) groups is 1. The van der Waals surface area contributed by atoms with Crippen LogP contribution in [0.4, 0.5) is 4.79 Å². The fourth-order valence-electron chi connectivity index (χ4n) is 3.11. The second-order valence-electron chi connectivity index (χ2n) is 5.87. The van der Waals surface area contributed by atoms with Gasteiger partial charge >= 0.3 is 6.09 Å². The summed E-state index contributed by atoms with van der Waals surface area (Å²) in [5, 5.41) is 4.35. The monoisotopic (exact) mass is 314 g/mol. The van der Waals surface area contributed by atoms with E-state index < -0.39 is 11.9 Å². The molecule has 2 aromatic rings. The lowest BCUT2D eigenvalue weighted by Gasteiger charge is -2.30. The molecule has 6 heteroatoms. The first-order valence-electron chi connectivity index (χ1n) is 7.81. The molecular formula is C17H18N2O4. The average molecular weight is 314 g/mol. The second-order valence-corrected chi connectivity index (χ2v) is 5.87. The van der Waals surface area contributed by atoms with Crippen molar-refractivity contribution < 1.29 is 19.0 Å². The summed E-state index contributed by atoms with van der Waals surface area (Å²) in [7, 11) is 0. The highest BCUT2D eigenvalue weighted by Gasteiger charge is 2.41. The van der Waals surface area contributed by atoms with Crippen molar-refractivity contribution in [1.29, 1.82) is 0 Å². The molecule has 1 spiro atoms. The van der Waals surface area contributed by atoms with Crippen molar-refractivity contribution in [2.24, 2.45) is 0 Å². The highest BCUT2D eigenvalue weighted by molar-refractivity contribution is 5.69. The van der Waals surface area contributed by atoms with Crippen LogP contribution in [0.25, 0.3) is 0 Å². The summed E-state index contributed by atoms with van der Waals surface area (Å²) in [6.07, 6.45) is 3.42. The molecule has 120 valence electrons. The van der Waals surface area contributed by atoms with Crippen LogP contribution in [0, 0.1) is 0 Å². The lowest BCUT2D eigenvalue weighted by atomic mass is 9.92. The van der Waals surface area contributed by atoms with E-state index in [0.29, 0.717) is 19.6 Å². The predicted molar refractivity (Wildman–Crippen MR) is 80.9 cm³/mol.